The molecule has 1 atom stereocenters. The van der Waals surface area contributed by atoms with Gasteiger partial charge in [0, 0.05) is 43.7 Å². The number of aromatic nitrogens is 1. The zero-order valence-electron chi connectivity index (χ0n) is 19.7. The van der Waals surface area contributed by atoms with Crippen LogP contribution in [-0.2, 0) is 14.3 Å². The molecule has 0 radical (unpaired) electrons. The SMILES string of the molecule is COC(=O)NC[C@H]1CN(c2cc(F)c(N3CCN(C(=O)CNC(=O)c4cscn4)CC3)c(F)c2)C(=O)O1. The van der Waals surface area contributed by atoms with Gasteiger partial charge in [-0.25, -0.2) is 23.4 Å². The molecule has 0 unspecified atom stereocenters. The highest BCUT2D eigenvalue weighted by Gasteiger charge is 2.34. The fraction of sp³-hybridized carbons (Fsp3) is 0.409. The maximum Gasteiger partial charge on any atom is 0.414 e. The third-order valence-corrected chi connectivity index (χ3v) is 6.45. The van der Waals surface area contributed by atoms with Gasteiger partial charge in [-0.05, 0) is 0 Å². The minimum atomic E-state index is -0.866. The van der Waals surface area contributed by atoms with E-state index in [1.165, 1.54) is 33.8 Å². The first-order chi connectivity index (χ1) is 17.8. The number of amides is 4. The number of nitrogens with one attached hydrogen (secondary N) is 2. The number of thiazole rings is 1. The molecule has 15 heteroatoms. The second kappa shape index (κ2) is 11.4. The fourth-order valence-corrected chi connectivity index (χ4v) is 4.51. The van der Waals surface area contributed by atoms with Crippen molar-refractivity contribution in [1.29, 1.82) is 0 Å². The van der Waals surface area contributed by atoms with E-state index in [0.717, 1.165) is 17.0 Å². The molecule has 0 spiro atoms. The molecule has 12 nitrogen and oxygen atoms in total. The molecule has 2 aliphatic rings. The highest BCUT2D eigenvalue weighted by molar-refractivity contribution is 7.07. The second-order valence-corrected chi connectivity index (χ2v) is 8.89. The van der Waals surface area contributed by atoms with E-state index in [0.29, 0.717) is 0 Å². The van der Waals surface area contributed by atoms with Crippen LogP contribution in [0.25, 0.3) is 0 Å². The molecule has 2 fully saturated rings. The van der Waals surface area contributed by atoms with E-state index in [4.69, 9.17) is 4.74 Å². The molecule has 0 aliphatic carbocycles. The van der Waals surface area contributed by atoms with E-state index >= 15 is 8.78 Å². The van der Waals surface area contributed by atoms with Gasteiger partial charge < -0.3 is 29.9 Å². The summed E-state index contributed by atoms with van der Waals surface area (Å²) >= 11 is 1.26. The Balaban J connectivity index is 1.32. The van der Waals surface area contributed by atoms with E-state index in [9.17, 15) is 19.2 Å². The summed E-state index contributed by atoms with van der Waals surface area (Å²) in [6.45, 7) is 0.517. The number of benzene rings is 1. The van der Waals surface area contributed by atoms with Gasteiger partial charge in [-0.1, -0.05) is 0 Å². The third kappa shape index (κ3) is 6.04. The molecule has 198 valence electrons. The Morgan fingerprint density at radius 2 is 1.86 bits per heavy atom. The lowest BCUT2D eigenvalue weighted by molar-refractivity contribution is -0.130. The first-order valence-corrected chi connectivity index (χ1v) is 12.2. The second-order valence-electron chi connectivity index (χ2n) is 8.17. The molecule has 1 aromatic heterocycles. The maximum absolute atomic E-state index is 15.0. The van der Waals surface area contributed by atoms with Crippen molar-refractivity contribution in [1.82, 2.24) is 20.5 Å². The van der Waals surface area contributed by atoms with Crippen LogP contribution in [0.5, 0.6) is 0 Å². The average Bonchev–Trinajstić information content (AvgIpc) is 3.55. The molecule has 37 heavy (non-hydrogen) atoms. The van der Waals surface area contributed by atoms with E-state index in [1.54, 1.807) is 5.38 Å². The molecule has 2 N–H and O–H groups in total. The molecule has 0 bridgehead atoms. The number of anilines is 2. The van der Waals surface area contributed by atoms with Crippen molar-refractivity contribution in [2.45, 2.75) is 6.10 Å². The highest BCUT2D eigenvalue weighted by Crippen LogP contribution is 2.31. The van der Waals surface area contributed by atoms with Crippen molar-refractivity contribution in [3.05, 3.63) is 40.4 Å². The van der Waals surface area contributed by atoms with Crippen LogP contribution >= 0.6 is 11.3 Å². The Kier molecular flexibility index (Phi) is 8.01. The van der Waals surface area contributed by atoms with Crippen LogP contribution in [0.1, 0.15) is 10.5 Å². The van der Waals surface area contributed by atoms with Gasteiger partial charge >= 0.3 is 12.2 Å². The number of nitrogens with zero attached hydrogens (tertiary/aromatic N) is 4. The van der Waals surface area contributed by atoms with Gasteiger partial charge in [0.2, 0.25) is 5.91 Å². The van der Waals surface area contributed by atoms with Crippen molar-refractivity contribution in [2.24, 2.45) is 0 Å². The van der Waals surface area contributed by atoms with Crippen molar-refractivity contribution in [2.75, 3.05) is 62.7 Å². The molecule has 1 aromatic carbocycles. The van der Waals surface area contributed by atoms with Gasteiger partial charge in [0.1, 0.15) is 17.5 Å². The van der Waals surface area contributed by atoms with Crippen LogP contribution in [-0.4, -0.2) is 92.9 Å². The lowest BCUT2D eigenvalue weighted by Gasteiger charge is -2.36. The Hall–Kier alpha value is -4.01. The zero-order valence-corrected chi connectivity index (χ0v) is 20.6. The van der Waals surface area contributed by atoms with E-state index in [1.807, 2.05) is 0 Å². The molecule has 3 heterocycles. The van der Waals surface area contributed by atoms with Crippen LogP contribution < -0.4 is 20.4 Å². The quantitative estimate of drug-likeness (QED) is 0.537. The van der Waals surface area contributed by atoms with Gasteiger partial charge in [-0.2, -0.15) is 0 Å². The van der Waals surface area contributed by atoms with Crippen molar-refractivity contribution in [3.63, 3.8) is 0 Å². The van der Waals surface area contributed by atoms with Gasteiger partial charge in [0.15, 0.2) is 11.6 Å². The number of piperazine rings is 1. The predicted octanol–water partition coefficient (Wildman–Crippen LogP) is 1.18. The summed E-state index contributed by atoms with van der Waals surface area (Å²) in [5.74, 6) is -2.50. The molecule has 2 aromatic rings. The van der Waals surface area contributed by atoms with Crippen molar-refractivity contribution >= 4 is 46.7 Å². The molecule has 0 saturated carbocycles. The predicted molar refractivity (Wildman–Crippen MR) is 128 cm³/mol. The number of alkyl carbamates (subject to hydrolysis) is 1. The largest absolute Gasteiger partial charge is 0.453 e. The summed E-state index contributed by atoms with van der Waals surface area (Å²) < 4.78 is 39.6. The number of halogens is 2. The highest BCUT2D eigenvalue weighted by atomic mass is 32.1. The molecule has 4 amide bonds. The molecular formula is C22H24F2N6O6S. The van der Waals surface area contributed by atoms with E-state index in [2.05, 4.69) is 20.4 Å². The van der Waals surface area contributed by atoms with Crippen LogP contribution in [0.3, 0.4) is 0 Å². The Labute approximate surface area is 214 Å². The lowest BCUT2D eigenvalue weighted by Crippen LogP contribution is -2.51. The van der Waals surface area contributed by atoms with Crippen LogP contribution in [0.2, 0.25) is 0 Å². The third-order valence-electron chi connectivity index (χ3n) is 5.86. The summed E-state index contributed by atoms with van der Waals surface area (Å²) in [7, 11) is 1.19. The van der Waals surface area contributed by atoms with Crippen LogP contribution in [0, 0.1) is 11.6 Å². The number of hydrogen-bond acceptors (Lipinski definition) is 9. The average molecular weight is 539 g/mol. The first-order valence-electron chi connectivity index (χ1n) is 11.2. The zero-order chi connectivity index (χ0) is 26.5. The Morgan fingerprint density at radius 3 is 2.49 bits per heavy atom. The summed E-state index contributed by atoms with van der Waals surface area (Å²) in [6, 6.07) is 2.09. The number of methoxy groups -OCH3 is 1. The summed E-state index contributed by atoms with van der Waals surface area (Å²) in [4.78, 5) is 55.8. The van der Waals surface area contributed by atoms with Crippen molar-refractivity contribution < 1.29 is 37.4 Å². The summed E-state index contributed by atoms with van der Waals surface area (Å²) in [5, 5.41) is 6.48. The minimum absolute atomic E-state index is 0.0130. The van der Waals surface area contributed by atoms with Gasteiger partial charge in [0.25, 0.3) is 5.91 Å². The fourth-order valence-electron chi connectivity index (χ4n) is 3.98. The molecule has 4 rings (SSSR count). The summed E-state index contributed by atoms with van der Waals surface area (Å²) in [5.41, 5.74) is 1.46. The number of rotatable bonds is 7. The Morgan fingerprint density at radius 1 is 1.16 bits per heavy atom. The number of carbonyl (C=O) groups is 4. The van der Waals surface area contributed by atoms with E-state index in [-0.39, 0.29) is 68.8 Å². The number of carbonyl (C=O) groups excluding carboxylic acids is 4. The normalized spacial score (nSPS) is 17.4. The monoisotopic (exact) mass is 538 g/mol. The molecule has 2 aliphatic heterocycles. The number of ether oxygens (including phenoxy) is 2. The standard InChI is InChI=1S/C22H24F2N6O6S/c1-35-21(33)26-8-14-10-30(22(34)36-14)13-6-15(23)19(16(24)7-13)29-4-2-28(3-5-29)18(31)9-25-20(32)17-11-37-12-27-17/h6-7,11-12,14H,2-5,8-10H2,1H3,(H,25,32)(H,26,33)/t14-/m0/s1. The van der Waals surface area contributed by atoms with Crippen LogP contribution in [0.4, 0.5) is 29.7 Å². The lowest BCUT2D eigenvalue weighted by atomic mass is 10.2. The molecular weight excluding hydrogens is 514 g/mol. The van der Waals surface area contributed by atoms with Gasteiger partial charge in [0.05, 0.1) is 37.9 Å². The van der Waals surface area contributed by atoms with Gasteiger partial charge in [-0.3, -0.25) is 14.5 Å². The first kappa shape index (κ1) is 26.1. The van der Waals surface area contributed by atoms with Gasteiger partial charge in [-0.15, -0.1) is 11.3 Å². The topological polar surface area (TPSA) is 133 Å². The minimum Gasteiger partial charge on any atom is -0.453 e. The maximum atomic E-state index is 15.0. The van der Waals surface area contributed by atoms with Crippen molar-refractivity contribution in [3.8, 4) is 0 Å². The number of hydrogen-bond donors (Lipinski definition) is 2. The van der Waals surface area contributed by atoms with Crippen LogP contribution in [0.15, 0.2) is 23.0 Å². The summed E-state index contributed by atoms with van der Waals surface area (Å²) in [6.07, 6.45) is -2.20. The van der Waals surface area contributed by atoms with E-state index < -0.39 is 35.8 Å². The Bertz CT molecular complexity index is 1150. The number of cyclic esters (lactones) is 1. The molecule has 2 saturated heterocycles. The smallest absolute Gasteiger partial charge is 0.414 e.